The molecule has 122 valence electrons. The fourth-order valence-corrected chi connectivity index (χ4v) is 3.25. The summed E-state index contributed by atoms with van der Waals surface area (Å²) >= 11 is 3.40. The van der Waals surface area contributed by atoms with E-state index in [1.165, 1.54) is 4.57 Å². The van der Waals surface area contributed by atoms with Crippen LogP contribution in [0.4, 0.5) is 17.2 Å². The first-order valence-corrected chi connectivity index (χ1v) is 8.40. The smallest absolute Gasteiger partial charge is 0.274 e. The van der Waals surface area contributed by atoms with E-state index in [0.29, 0.717) is 17.5 Å². The van der Waals surface area contributed by atoms with E-state index in [0.717, 1.165) is 29.8 Å². The van der Waals surface area contributed by atoms with Crippen LogP contribution < -0.4 is 21.1 Å². The molecule has 0 aromatic carbocycles. The van der Waals surface area contributed by atoms with Gasteiger partial charge in [0.1, 0.15) is 11.5 Å². The van der Waals surface area contributed by atoms with Crippen molar-refractivity contribution in [2.24, 2.45) is 7.05 Å². The Hall–Kier alpha value is -1.86. The van der Waals surface area contributed by atoms with Crippen LogP contribution in [0.25, 0.3) is 0 Å². The van der Waals surface area contributed by atoms with E-state index in [4.69, 9.17) is 0 Å². The van der Waals surface area contributed by atoms with Crippen molar-refractivity contribution in [2.75, 3.05) is 29.9 Å². The van der Waals surface area contributed by atoms with Gasteiger partial charge in [0.05, 0.1) is 11.9 Å². The fraction of sp³-hybridized carbons (Fsp3) is 0.375. The van der Waals surface area contributed by atoms with Crippen LogP contribution in [0.15, 0.2) is 39.9 Å². The van der Waals surface area contributed by atoms with Crippen molar-refractivity contribution in [1.29, 1.82) is 0 Å². The summed E-state index contributed by atoms with van der Waals surface area (Å²) in [7, 11) is 1.72. The molecule has 2 aromatic heterocycles. The van der Waals surface area contributed by atoms with E-state index in [-0.39, 0.29) is 5.56 Å². The highest BCUT2D eigenvalue weighted by Crippen LogP contribution is 2.19. The van der Waals surface area contributed by atoms with Crippen LogP contribution in [0.2, 0.25) is 0 Å². The Labute approximate surface area is 143 Å². The number of nitrogens with one attached hydrogen (secondary N) is 2. The van der Waals surface area contributed by atoms with E-state index < -0.39 is 0 Å². The minimum absolute atomic E-state index is 0.0880. The summed E-state index contributed by atoms with van der Waals surface area (Å²) in [5, 5.41) is 6.51. The van der Waals surface area contributed by atoms with Gasteiger partial charge in [-0.25, -0.2) is 4.98 Å². The van der Waals surface area contributed by atoms with Crippen molar-refractivity contribution < 1.29 is 0 Å². The Kier molecular flexibility index (Phi) is 4.68. The van der Waals surface area contributed by atoms with Crippen molar-refractivity contribution in [1.82, 2.24) is 14.9 Å². The predicted molar refractivity (Wildman–Crippen MR) is 96.6 cm³/mol. The first kappa shape index (κ1) is 16.0. The van der Waals surface area contributed by atoms with Crippen LogP contribution >= 0.6 is 15.9 Å². The maximum atomic E-state index is 12.1. The molecule has 2 N–H and O–H groups in total. The molecule has 0 unspecified atom stereocenters. The molecule has 0 aliphatic carbocycles. The molecule has 2 aromatic rings. The van der Waals surface area contributed by atoms with E-state index in [1.54, 1.807) is 19.3 Å². The maximum absolute atomic E-state index is 12.1. The summed E-state index contributed by atoms with van der Waals surface area (Å²) in [5.41, 5.74) is 1.51. The Bertz CT molecular complexity index is 743. The number of rotatable bonds is 3. The second-order valence-corrected chi connectivity index (χ2v) is 6.73. The lowest BCUT2D eigenvalue weighted by atomic mass is 10.2. The zero-order valence-corrected chi connectivity index (χ0v) is 14.8. The Balaban J connectivity index is 1.77. The molecule has 0 spiro atoms. The van der Waals surface area contributed by atoms with Crippen LogP contribution in [-0.2, 0) is 7.05 Å². The molecule has 1 atom stereocenters. The minimum atomic E-state index is -0.0880. The van der Waals surface area contributed by atoms with Gasteiger partial charge in [-0.2, -0.15) is 0 Å². The highest BCUT2D eigenvalue weighted by molar-refractivity contribution is 9.10. The van der Waals surface area contributed by atoms with Gasteiger partial charge in [-0.3, -0.25) is 4.79 Å². The van der Waals surface area contributed by atoms with Gasteiger partial charge < -0.3 is 20.1 Å². The van der Waals surface area contributed by atoms with Gasteiger partial charge >= 0.3 is 0 Å². The first-order valence-electron chi connectivity index (χ1n) is 7.60. The summed E-state index contributed by atoms with van der Waals surface area (Å²) in [6, 6.07) is 6.18. The van der Waals surface area contributed by atoms with Crippen molar-refractivity contribution in [3.8, 4) is 0 Å². The third-order valence-electron chi connectivity index (χ3n) is 3.89. The molecule has 0 bridgehead atoms. The molecule has 1 saturated heterocycles. The van der Waals surface area contributed by atoms with Crippen molar-refractivity contribution in [3.63, 3.8) is 0 Å². The number of hydrogen-bond acceptors (Lipinski definition) is 5. The molecule has 7 heteroatoms. The second-order valence-electron chi connectivity index (χ2n) is 5.82. The summed E-state index contributed by atoms with van der Waals surface area (Å²) in [6.45, 7) is 5.11. The molecule has 1 aliphatic rings. The summed E-state index contributed by atoms with van der Waals surface area (Å²) in [4.78, 5) is 18.9. The topological polar surface area (TPSA) is 62.2 Å². The normalized spacial score (nSPS) is 18.0. The molecule has 6 nitrogen and oxygen atoms in total. The van der Waals surface area contributed by atoms with Crippen LogP contribution in [-0.4, -0.2) is 35.2 Å². The van der Waals surface area contributed by atoms with Crippen LogP contribution in [0.5, 0.6) is 0 Å². The molecule has 3 rings (SSSR count). The Morgan fingerprint density at radius 3 is 2.96 bits per heavy atom. The largest absolute Gasteiger partial charge is 0.367 e. The fourth-order valence-electron chi connectivity index (χ4n) is 2.71. The number of pyridine rings is 2. The molecule has 0 radical (unpaired) electrons. The zero-order chi connectivity index (χ0) is 16.4. The molecule has 23 heavy (non-hydrogen) atoms. The highest BCUT2D eigenvalue weighted by atomic mass is 79.9. The van der Waals surface area contributed by atoms with Gasteiger partial charge in [-0.15, -0.1) is 0 Å². The number of halogens is 1. The number of aromatic nitrogens is 2. The van der Waals surface area contributed by atoms with Gasteiger partial charge in [0, 0.05) is 43.4 Å². The maximum Gasteiger partial charge on any atom is 0.274 e. The molecule has 0 saturated carbocycles. The lowest BCUT2D eigenvalue weighted by molar-refractivity contribution is 0.484. The highest BCUT2D eigenvalue weighted by Gasteiger charge is 2.16. The number of anilines is 3. The monoisotopic (exact) mass is 377 g/mol. The molecule has 1 aliphatic heterocycles. The van der Waals surface area contributed by atoms with Gasteiger partial charge in [0.25, 0.3) is 5.56 Å². The Morgan fingerprint density at radius 2 is 2.26 bits per heavy atom. The van der Waals surface area contributed by atoms with Crippen LogP contribution in [0.3, 0.4) is 0 Å². The van der Waals surface area contributed by atoms with Gasteiger partial charge in [-0.05, 0) is 41.1 Å². The molecule has 3 heterocycles. The number of aryl methyl sites for hydroxylation is 1. The number of hydrogen-bond donors (Lipinski definition) is 2. The lowest BCUT2D eigenvalue weighted by Gasteiger charge is -2.33. The summed E-state index contributed by atoms with van der Waals surface area (Å²) in [5.74, 6) is 0.659. The third-order valence-corrected chi connectivity index (χ3v) is 4.33. The minimum Gasteiger partial charge on any atom is -0.367 e. The number of nitrogens with zero attached hydrogens (tertiary/aromatic N) is 3. The number of piperazine rings is 1. The zero-order valence-electron chi connectivity index (χ0n) is 13.2. The quantitative estimate of drug-likeness (QED) is 0.857. The van der Waals surface area contributed by atoms with Gasteiger partial charge in [-0.1, -0.05) is 0 Å². The molecular weight excluding hydrogens is 358 g/mol. The molecular formula is C16H20BrN5O. The lowest BCUT2D eigenvalue weighted by Crippen LogP contribution is -2.49. The predicted octanol–water partition coefficient (Wildman–Crippen LogP) is 2.08. The average Bonchev–Trinajstić information content (AvgIpc) is 2.53. The van der Waals surface area contributed by atoms with Gasteiger partial charge in [0.15, 0.2) is 0 Å². The molecule has 1 fully saturated rings. The van der Waals surface area contributed by atoms with Crippen molar-refractivity contribution >= 4 is 33.1 Å². The SMILES string of the molecule is C[C@H]1CN(c2ccc(Nc3cc(Br)cn(C)c3=O)nc2)CCN1. The van der Waals surface area contributed by atoms with Crippen molar-refractivity contribution in [3.05, 3.63) is 45.4 Å². The first-order chi connectivity index (χ1) is 11.0. The van der Waals surface area contributed by atoms with Gasteiger partial charge in [0.2, 0.25) is 0 Å². The van der Waals surface area contributed by atoms with E-state index in [2.05, 4.69) is 43.4 Å². The summed E-state index contributed by atoms with van der Waals surface area (Å²) in [6.07, 6.45) is 3.58. The van der Waals surface area contributed by atoms with E-state index >= 15 is 0 Å². The van der Waals surface area contributed by atoms with Crippen molar-refractivity contribution in [2.45, 2.75) is 13.0 Å². The second kappa shape index (κ2) is 6.72. The van der Waals surface area contributed by atoms with Crippen LogP contribution in [0.1, 0.15) is 6.92 Å². The van der Waals surface area contributed by atoms with Crippen LogP contribution in [0, 0.1) is 0 Å². The third kappa shape index (κ3) is 3.73. The van der Waals surface area contributed by atoms with E-state index in [1.807, 2.05) is 18.3 Å². The Morgan fingerprint density at radius 1 is 1.43 bits per heavy atom. The van der Waals surface area contributed by atoms with E-state index in [9.17, 15) is 4.79 Å². The summed E-state index contributed by atoms with van der Waals surface area (Å²) < 4.78 is 2.37. The standard InChI is InChI=1S/C16H20BrN5O/c1-11-9-22(6-5-18-11)13-3-4-15(19-8-13)20-14-7-12(17)10-21(2)16(14)23/h3-4,7-8,10-11,18H,5-6,9H2,1-2H3,(H,19,20)/t11-/m0/s1. The average molecular weight is 378 g/mol. The molecule has 0 amide bonds.